The number of piperidine rings is 2. The van der Waals surface area contributed by atoms with Crippen molar-refractivity contribution in [3.63, 3.8) is 0 Å². The lowest BCUT2D eigenvalue weighted by Crippen LogP contribution is -2.50. The second kappa shape index (κ2) is 9.73. The van der Waals surface area contributed by atoms with E-state index in [1.165, 1.54) is 13.2 Å². The third-order valence-corrected chi connectivity index (χ3v) is 6.42. The maximum Gasteiger partial charge on any atom is 0.253 e. The van der Waals surface area contributed by atoms with Gasteiger partial charge in [0.1, 0.15) is 17.6 Å². The van der Waals surface area contributed by atoms with Crippen molar-refractivity contribution in [2.45, 2.75) is 37.8 Å². The Hall–Kier alpha value is -2.87. The van der Waals surface area contributed by atoms with E-state index >= 15 is 0 Å². The lowest BCUT2D eigenvalue weighted by atomic mass is 9.98. The molecule has 0 unspecified atom stereocenters. The van der Waals surface area contributed by atoms with Crippen LogP contribution >= 0.6 is 0 Å². The van der Waals surface area contributed by atoms with Crippen LogP contribution in [-0.2, 0) is 0 Å². The van der Waals surface area contributed by atoms with Gasteiger partial charge in [0, 0.05) is 43.9 Å². The molecule has 32 heavy (non-hydrogen) atoms. The molecule has 4 rings (SSSR count). The van der Waals surface area contributed by atoms with Crippen LogP contribution in [0.1, 0.15) is 36.0 Å². The van der Waals surface area contributed by atoms with E-state index in [4.69, 9.17) is 15.2 Å². The number of ether oxygens (including phenoxy) is 2. The summed E-state index contributed by atoms with van der Waals surface area (Å²) in [5.74, 6) is -0.876. The Morgan fingerprint density at radius 3 is 2.34 bits per heavy atom. The molecule has 172 valence electrons. The highest BCUT2D eigenvalue weighted by atomic mass is 19.2. The Balaban J connectivity index is 1.25. The molecule has 2 aromatic rings. The molecule has 2 heterocycles. The Kier molecular flexibility index (Phi) is 6.79. The second-order valence-electron chi connectivity index (χ2n) is 8.41. The molecule has 0 spiro atoms. The van der Waals surface area contributed by atoms with Gasteiger partial charge < -0.3 is 20.1 Å². The number of likely N-dealkylation sites (tertiary alicyclic amines) is 2. The van der Waals surface area contributed by atoms with Crippen molar-refractivity contribution in [2.75, 3.05) is 39.0 Å². The van der Waals surface area contributed by atoms with Crippen LogP contribution in [0.15, 0.2) is 36.4 Å². The Bertz CT molecular complexity index is 956. The summed E-state index contributed by atoms with van der Waals surface area (Å²) >= 11 is 0. The fourth-order valence-corrected chi connectivity index (χ4v) is 4.56. The lowest BCUT2D eigenvalue weighted by molar-refractivity contribution is 0.0424. The van der Waals surface area contributed by atoms with Gasteiger partial charge in [-0.3, -0.25) is 9.69 Å². The molecule has 0 aromatic heterocycles. The van der Waals surface area contributed by atoms with Crippen LogP contribution < -0.4 is 15.2 Å². The highest BCUT2D eigenvalue weighted by Gasteiger charge is 2.30. The molecular weight excluding hydrogens is 416 g/mol. The molecule has 2 aliphatic heterocycles. The average Bonchev–Trinajstić information content (AvgIpc) is 2.82. The number of nitrogens with two attached hydrogens (primary N) is 1. The number of halogens is 2. The van der Waals surface area contributed by atoms with E-state index in [1.807, 2.05) is 4.90 Å². The van der Waals surface area contributed by atoms with Gasteiger partial charge in [-0.1, -0.05) is 0 Å². The van der Waals surface area contributed by atoms with E-state index in [2.05, 4.69) is 4.90 Å². The van der Waals surface area contributed by atoms with Crippen molar-refractivity contribution in [3.8, 4) is 11.5 Å². The lowest BCUT2D eigenvalue weighted by Gasteiger charge is -2.41. The van der Waals surface area contributed by atoms with Crippen LogP contribution in [0.2, 0.25) is 0 Å². The van der Waals surface area contributed by atoms with Gasteiger partial charge in [-0.05, 0) is 56.0 Å². The zero-order valence-electron chi connectivity index (χ0n) is 18.2. The molecule has 2 fully saturated rings. The monoisotopic (exact) mass is 445 g/mol. The van der Waals surface area contributed by atoms with Crippen LogP contribution in [0.4, 0.5) is 14.5 Å². The quantitative estimate of drug-likeness (QED) is 0.711. The summed E-state index contributed by atoms with van der Waals surface area (Å²) in [5.41, 5.74) is 6.95. The Morgan fingerprint density at radius 1 is 0.969 bits per heavy atom. The van der Waals surface area contributed by atoms with E-state index in [9.17, 15) is 13.6 Å². The predicted molar refractivity (Wildman–Crippen MR) is 118 cm³/mol. The molecule has 2 aromatic carbocycles. The molecule has 0 radical (unpaired) electrons. The fraction of sp³-hybridized carbons (Fsp3) is 0.458. The third kappa shape index (κ3) is 4.96. The van der Waals surface area contributed by atoms with E-state index < -0.39 is 11.6 Å². The van der Waals surface area contributed by atoms with Gasteiger partial charge in [-0.2, -0.15) is 0 Å². The van der Waals surface area contributed by atoms with Gasteiger partial charge in [-0.25, -0.2) is 8.78 Å². The molecule has 2 aliphatic rings. The maximum atomic E-state index is 13.4. The first-order chi connectivity index (χ1) is 15.4. The highest BCUT2D eigenvalue weighted by Crippen LogP contribution is 2.27. The minimum atomic E-state index is -0.890. The van der Waals surface area contributed by atoms with Crippen LogP contribution in [0.5, 0.6) is 11.5 Å². The van der Waals surface area contributed by atoms with Crippen molar-refractivity contribution in [2.24, 2.45) is 0 Å². The summed E-state index contributed by atoms with van der Waals surface area (Å²) in [6, 6.07) is 9.23. The first kappa shape index (κ1) is 22.3. The number of anilines is 1. The number of methoxy groups -OCH3 is 1. The molecule has 2 saturated heterocycles. The number of rotatable bonds is 5. The minimum absolute atomic E-state index is 0.000359. The van der Waals surface area contributed by atoms with Gasteiger partial charge in [0.25, 0.3) is 5.91 Å². The molecule has 0 bridgehead atoms. The molecule has 6 nitrogen and oxygen atoms in total. The third-order valence-electron chi connectivity index (χ3n) is 6.42. The Labute approximate surface area is 186 Å². The Morgan fingerprint density at radius 2 is 1.69 bits per heavy atom. The maximum absolute atomic E-state index is 13.4. The van der Waals surface area contributed by atoms with Crippen LogP contribution in [0, 0.1) is 11.6 Å². The standard InChI is InChI=1S/C24H29F2N3O3/c1-31-23-14-16(2-5-22(23)27)24(30)29-10-6-17(7-11-29)28-12-8-18(9-13-28)32-19-3-4-20(25)21(26)15-19/h2-5,14-15,17-18H,6-13,27H2,1H3. The summed E-state index contributed by atoms with van der Waals surface area (Å²) in [4.78, 5) is 17.2. The summed E-state index contributed by atoms with van der Waals surface area (Å²) in [6.45, 7) is 3.20. The number of carbonyl (C=O) groups excluding carboxylic acids is 1. The molecule has 1 amide bonds. The molecular formula is C24H29F2N3O3. The summed E-state index contributed by atoms with van der Waals surface area (Å²) in [6.07, 6.45) is 3.52. The van der Waals surface area contributed by atoms with Crippen molar-refractivity contribution in [1.82, 2.24) is 9.80 Å². The van der Waals surface area contributed by atoms with Crippen molar-refractivity contribution in [3.05, 3.63) is 53.6 Å². The van der Waals surface area contributed by atoms with E-state index in [0.717, 1.165) is 50.9 Å². The summed E-state index contributed by atoms with van der Waals surface area (Å²) in [5, 5.41) is 0. The second-order valence-corrected chi connectivity index (χ2v) is 8.41. The SMILES string of the molecule is COc1cc(C(=O)N2CCC(N3CCC(Oc4ccc(F)c(F)c4)CC3)CC2)ccc1N. The number of nitrogens with zero attached hydrogens (tertiary/aromatic N) is 2. The topological polar surface area (TPSA) is 68.0 Å². The first-order valence-corrected chi connectivity index (χ1v) is 11.0. The largest absolute Gasteiger partial charge is 0.495 e. The van der Waals surface area contributed by atoms with Crippen LogP contribution in [0.25, 0.3) is 0 Å². The van der Waals surface area contributed by atoms with E-state index in [-0.39, 0.29) is 12.0 Å². The van der Waals surface area contributed by atoms with Crippen molar-refractivity contribution < 1.29 is 23.0 Å². The molecule has 0 atom stereocenters. The van der Waals surface area contributed by atoms with Gasteiger partial charge in [-0.15, -0.1) is 0 Å². The van der Waals surface area contributed by atoms with Gasteiger partial charge in [0.2, 0.25) is 0 Å². The zero-order chi connectivity index (χ0) is 22.7. The molecule has 0 aliphatic carbocycles. The van der Waals surface area contributed by atoms with Crippen LogP contribution in [0.3, 0.4) is 0 Å². The number of hydrogen-bond donors (Lipinski definition) is 1. The number of hydrogen-bond acceptors (Lipinski definition) is 5. The molecule has 2 N–H and O–H groups in total. The van der Waals surface area contributed by atoms with E-state index in [0.29, 0.717) is 41.9 Å². The minimum Gasteiger partial charge on any atom is -0.495 e. The zero-order valence-corrected chi connectivity index (χ0v) is 18.2. The molecule has 8 heteroatoms. The summed E-state index contributed by atoms with van der Waals surface area (Å²) < 4.78 is 37.5. The van der Waals surface area contributed by atoms with Crippen LogP contribution in [-0.4, -0.2) is 61.1 Å². The van der Waals surface area contributed by atoms with Gasteiger partial charge in [0.05, 0.1) is 12.8 Å². The van der Waals surface area contributed by atoms with Gasteiger partial charge >= 0.3 is 0 Å². The van der Waals surface area contributed by atoms with E-state index in [1.54, 1.807) is 18.2 Å². The van der Waals surface area contributed by atoms with Crippen molar-refractivity contribution >= 4 is 11.6 Å². The predicted octanol–water partition coefficient (Wildman–Crippen LogP) is 3.70. The number of carbonyl (C=O) groups is 1. The molecule has 0 saturated carbocycles. The average molecular weight is 446 g/mol. The normalized spacial score (nSPS) is 18.5. The fourth-order valence-electron chi connectivity index (χ4n) is 4.56. The van der Waals surface area contributed by atoms with Crippen molar-refractivity contribution in [1.29, 1.82) is 0 Å². The number of amides is 1. The van der Waals surface area contributed by atoms with Gasteiger partial charge in [0.15, 0.2) is 11.6 Å². The number of nitrogen functional groups attached to an aromatic ring is 1. The summed E-state index contributed by atoms with van der Waals surface area (Å²) in [7, 11) is 1.54. The number of benzene rings is 2. The first-order valence-electron chi connectivity index (χ1n) is 11.0. The highest BCUT2D eigenvalue weighted by molar-refractivity contribution is 5.95. The smallest absolute Gasteiger partial charge is 0.253 e.